The van der Waals surface area contributed by atoms with E-state index in [0.29, 0.717) is 17.3 Å². The molecule has 0 bridgehead atoms. The Labute approximate surface area is 176 Å². The van der Waals surface area contributed by atoms with Crippen molar-refractivity contribution in [3.05, 3.63) is 90.1 Å². The summed E-state index contributed by atoms with van der Waals surface area (Å²) in [5.74, 6) is 2.09. The van der Waals surface area contributed by atoms with Crippen LogP contribution in [-0.2, 0) is 5.75 Å². The van der Waals surface area contributed by atoms with E-state index in [4.69, 9.17) is 9.40 Å². The fourth-order valence-corrected chi connectivity index (χ4v) is 4.74. The van der Waals surface area contributed by atoms with Crippen molar-refractivity contribution in [1.82, 2.24) is 19.7 Å². The predicted octanol–water partition coefficient (Wildman–Crippen LogP) is 5.94. The lowest BCUT2D eigenvalue weighted by Gasteiger charge is -2.08. The van der Waals surface area contributed by atoms with Gasteiger partial charge in [-0.2, -0.15) is 0 Å². The first-order chi connectivity index (χ1) is 14.4. The van der Waals surface area contributed by atoms with Crippen LogP contribution in [0.2, 0.25) is 0 Å². The summed E-state index contributed by atoms with van der Waals surface area (Å²) in [6.07, 6.45) is 1.65. The standard InChI is InChI=1S/C22H16N4OS2/c1-3-8-16(9-4-1)21-23-17(14-28-21)15-29-22-25-24-20(19-12-7-13-27-19)26(22)18-10-5-2-6-11-18/h1-14H,15H2. The summed E-state index contributed by atoms with van der Waals surface area (Å²) in [6, 6.07) is 24.1. The van der Waals surface area contributed by atoms with E-state index in [0.717, 1.165) is 27.1 Å². The van der Waals surface area contributed by atoms with Gasteiger partial charge < -0.3 is 4.42 Å². The van der Waals surface area contributed by atoms with Crippen LogP contribution in [0.25, 0.3) is 27.8 Å². The summed E-state index contributed by atoms with van der Waals surface area (Å²) < 4.78 is 7.59. The van der Waals surface area contributed by atoms with Gasteiger partial charge in [0.2, 0.25) is 5.82 Å². The molecule has 0 amide bonds. The summed E-state index contributed by atoms with van der Waals surface area (Å²) in [7, 11) is 0. The number of hydrogen-bond acceptors (Lipinski definition) is 6. The monoisotopic (exact) mass is 416 g/mol. The van der Waals surface area contributed by atoms with E-state index in [-0.39, 0.29) is 0 Å². The van der Waals surface area contributed by atoms with Gasteiger partial charge in [-0.1, -0.05) is 60.3 Å². The second kappa shape index (κ2) is 8.06. The van der Waals surface area contributed by atoms with Crippen LogP contribution in [0.1, 0.15) is 5.69 Å². The van der Waals surface area contributed by atoms with Gasteiger partial charge in [0.25, 0.3) is 0 Å². The van der Waals surface area contributed by atoms with Gasteiger partial charge in [-0.15, -0.1) is 21.5 Å². The highest BCUT2D eigenvalue weighted by Gasteiger charge is 2.18. The molecule has 5 aromatic rings. The van der Waals surface area contributed by atoms with Crippen molar-refractivity contribution < 1.29 is 4.42 Å². The molecule has 0 aliphatic rings. The summed E-state index contributed by atoms with van der Waals surface area (Å²) in [5.41, 5.74) is 3.16. The molecule has 0 aliphatic carbocycles. The lowest BCUT2D eigenvalue weighted by atomic mass is 10.2. The number of thioether (sulfide) groups is 1. The molecule has 0 saturated carbocycles. The van der Waals surface area contributed by atoms with Crippen molar-refractivity contribution in [1.29, 1.82) is 0 Å². The Morgan fingerprint density at radius 2 is 1.69 bits per heavy atom. The topological polar surface area (TPSA) is 56.7 Å². The van der Waals surface area contributed by atoms with Crippen molar-refractivity contribution in [3.63, 3.8) is 0 Å². The third-order valence-corrected chi connectivity index (χ3v) is 6.21. The Morgan fingerprint density at radius 3 is 2.45 bits per heavy atom. The first-order valence-corrected chi connectivity index (χ1v) is 10.9. The Kier molecular flexibility index (Phi) is 4.98. The fraction of sp³-hybridized carbons (Fsp3) is 0.0455. The smallest absolute Gasteiger partial charge is 0.205 e. The maximum atomic E-state index is 5.57. The molecule has 5 rings (SSSR count). The van der Waals surface area contributed by atoms with Gasteiger partial charge in [0.15, 0.2) is 10.9 Å². The van der Waals surface area contributed by atoms with Crippen molar-refractivity contribution in [2.75, 3.05) is 0 Å². The molecule has 0 aliphatic heterocycles. The Balaban J connectivity index is 1.43. The van der Waals surface area contributed by atoms with Gasteiger partial charge in [-0.05, 0) is 24.3 Å². The van der Waals surface area contributed by atoms with E-state index in [1.54, 1.807) is 29.4 Å². The molecule has 0 spiro atoms. The molecule has 142 valence electrons. The molecule has 3 heterocycles. The number of para-hydroxylation sites is 1. The van der Waals surface area contributed by atoms with Crippen LogP contribution >= 0.6 is 23.1 Å². The van der Waals surface area contributed by atoms with Crippen molar-refractivity contribution in [3.8, 4) is 27.8 Å². The molecule has 0 saturated heterocycles. The zero-order chi connectivity index (χ0) is 19.5. The Hall–Kier alpha value is -3.16. The van der Waals surface area contributed by atoms with Crippen molar-refractivity contribution in [2.24, 2.45) is 0 Å². The highest BCUT2D eigenvalue weighted by atomic mass is 32.2. The second-order valence-electron chi connectivity index (χ2n) is 6.25. The maximum Gasteiger partial charge on any atom is 0.205 e. The number of rotatable bonds is 6. The largest absolute Gasteiger partial charge is 0.461 e. The molecule has 0 unspecified atom stereocenters. The fourth-order valence-electron chi connectivity index (χ4n) is 2.96. The highest BCUT2D eigenvalue weighted by Crippen LogP contribution is 2.31. The second-order valence-corrected chi connectivity index (χ2v) is 8.05. The van der Waals surface area contributed by atoms with E-state index in [9.17, 15) is 0 Å². The minimum Gasteiger partial charge on any atom is -0.461 e. The SMILES string of the molecule is c1ccc(-c2nc(CSc3nnc(-c4ccco4)n3-c3ccccc3)cs2)cc1. The third-order valence-electron chi connectivity index (χ3n) is 4.31. The molecule has 5 nitrogen and oxygen atoms in total. The van der Waals surface area contributed by atoms with Crippen LogP contribution in [0.3, 0.4) is 0 Å². The number of hydrogen-bond donors (Lipinski definition) is 0. The van der Waals surface area contributed by atoms with Gasteiger partial charge in [-0.25, -0.2) is 4.98 Å². The predicted molar refractivity (Wildman–Crippen MR) is 116 cm³/mol. The van der Waals surface area contributed by atoms with Gasteiger partial charge in [-0.3, -0.25) is 4.57 Å². The van der Waals surface area contributed by atoms with Crippen molar-refractivity contribution in [2.45, 2.75) is 10.9 Å². The van der Waals surface area contributed by atoms with Gasteiger partial charge in [0, 0.05) is 22.4 Å². The van der Waals surface area contributed by atoms with Gasteiger partial charge in [0.05, 0.1) is 12.0 Å². The lowest BCUT2D eigenvalue weighted by Crippen LogP contribution is -1.99. The normalized spacial score (nSPS) is 11.0. The number of benzene rings is 2. The van der Waals surface area contributed by atoms with E-state index in [1.807, 2.05) is 65.2 Å². The quantitative estimate of drug-likeness (QED) is 0.321. The molecule has 0 radical (unpaired) electrons. The number of furan rings is 1. The molecule has 3 aromatic heterocycles. The first kappa shape index (κ1) is 17.9. The minimum absolute atomic E-state index is 0.687. The molecule has 7 heteroatoms. The molecular weight excluding hydrogens is 400 g/mol. The van der Waals surface area contributed by atoms with Crippen LogP contribution in [-0.4, -0.2) is 19.7 Å². The third kappa shape index (κ3) is 3.74. The van der Waals surface area contributed by atoms with Crippen LogP contribution in [0, 0.1) is 0 Å². The summed E-state index contributed by atoms with van der Waals surface area (Å²) in [6.45, 7) is 0. The Bertz CT molecular complexity index is 1200. The van der Waals surface area contributed by atoms with E-state index >= 15 is 0 Å². The van der Waals surface area contributed by atoms with E-state index in [2.05, 4.69) is 27.7 Å². The minimum atomic E-state index is 0.687. The molecule has 29 heavy (non-hydrogen) atoms. The number of nitrogens with zero attached hydrogens (tertiary/aromatic N) is 4. The van der Waals surface area contributed by atoms with E-state index in [1.165, 1.54) is 0 Å². The average Bonchev–Trinajstić information content (AvgIpc) is 3.54. The molecule has 0 N–H and O–H groups in total. The average molecular weight is 417 g/mol. The highest BCUT2D eigenvalue weighted by molar-refractivity contribution is 7.98. The Morgan fingerprint density at radius 1 is 0.897 bits per heavy atom. The summed E-state index contributed by atoms with van der Waals surface area (Å²) in [5, 5.41) is 12.7. The molecule has 0 fully saturated rings. The van der Waals surface area contributed by atoms with E-state index < -0.39 is 0 Å². The van der Waals surface area contributed by atoms with Crippen molar-refractivity contribution >= 4 is 23.1 Å². The van der Waals surface area contributed by atoms with Gasteiger partial charge in [0.1, 0.15) is 5.01 Å². The number of aromatic nitrogens is 4. The zero-order valence-electron chi connectivity index (χ0n) is 15.3. The van der Waals surface area contributed by atoms with Crippen LogP contribution in [0.4, 0.5) is 0 Å². The summed E-state index contributed by atoms with van der Waals surface area (Å²) >= 11 is 3.27. The van der Waals surface area contributed by atoms with Crippen LogP contribution < -0.4 is 0 Å². The first-order valence-electron chi connectivity index (χ1n) is 9.06. The lowest BCUT2D eigenvalue weighted by molar-refractivity contribution is 0.575. The van der Waals surface area contributed by atoms with Crippen LogP contribution in [0.15, 0.2) is 94.0 Å². The molecule has 0 atom stereocenters. The maximum absolute atomic E-state index is 5.57. The number of thiazole rings is 1. The van der Waals surface area contributed by atoms with Crippen LogP contribution in [0.5, 0.6) is 0 Å². The molecule has 2 aromatic carbocycles. The zero-order valence-corrected chi connectivity index (χ0v) is 16.9. The molecular formula is C22H16N4OS2. The summed E-state index contributed by atoms with van der Waals surface area (Å²) in [4.78, 5) is 4.78. The van der Waals surface area contributed by atoms with Gasteiger partial charge >= 0.3 is 0 Å².